The zero-order valence-corrected chi connectivity index (χ0v) is 8.21. The Morgan fingerprint density at radius 1 is 1.27 bits per heavy atom. The van der Waals surface area contributed by atoms with Gasteiger partial charge in [0.15, 0.2) is 5.65 Å². The molecule has 0 saturated carbocycles. The SMILES string of the molecule is COc1ccc2c(cnc3ccnn32)c1. The smallest absolute Gasteiger partial charge is 0.155 e. The largest absolute Gasteiger partial charge is 0.497 e. The van der Waals surface area contributed by atoms with Gasteiger partial charge in [0.05, 0.1) is 18.8 Å². The van der Waals surface area contributed by atoms with Gasteiger partial charge in [0, 0.05) is 17.6 Å². The number of nitrogens with zero attached hydrogens (tertiary/aromatic N) is 3. The molecule has 4 nitrogen and oxygen atoms in total. The van der Waals surface area contributed by atoms with E-state index in [1.165, 1.54) is 0 Å². The van der Waals surface area contributed by atoms with Crippen molar-refractivity contribution in [2.75, 3.05) is 7.11 Å². The van der Waals surface area contributed by atoms with Crippen LogP contribution in [0.25, 0.3) is 16.6 Å². The molecule has 0 N–H and O–H groups in total. The zero-order chi connectivity index (χ0) is 10.3. The van der Waals surface area contributed by atoms with E-state index in [9.17, 15) is 0 Å². The number of fused-ring (bicyclic) bond motifs is 3. The maximum Gasteiger partial charge on any atom is 0.155 e. The first-order valence-electron chi connectivity index (χ1n) is 4.65. The quantitative estimate of drug-likeness (QED) is 0.600. The molecule has 2 heterocycles. The van der Waals surface area contributed by atoms with Gasteiger partial charge in [-0.3, -0.25) is 0 Å². The van der Waals surface area contributed by atoms with Gasteiger partial charge in [-0.1, -0.05) is 0 Å². The average Bonchev–Trinajstić information content (AvgIpc) is 2.76. The van der Waals surface area contributed by atoms with Crippen LogP contribution >= 0.6 is 0 Å². The van der Waals surface area contributed by atoms with E-state index in [1.807, 2.05) is 35.0 Å². The van der Waals surface area contributed by atoms with Crippen LogP contribution in [-0.2, 0) is 0 Å². The van der Waals surface area contributed by atoms with Crippen LogP contribution in [0.3, 0.4) is 0 Å². The van der Waals surface area contributed by atoms with E-state index in [2.05, 4.69) is 10.1 Å². The van der Waals surface area contributed by atoms with Crippen LogP contribution in [0, 0.1) is 0 Å². The predicted octanol–water partition coefficient (Wildman–Crippen LogP) is 1.89. The van der Waals surface area contributed by atoms with Crippen molar-refractivity contribution in [3.63, 3.8) is 0 Å². The lowest BCUT2D eigenvalue weighted by molar-refractivity contribution is 0.415. The summed E-state index contributed by atoms with van der Waals surface area (Å²) < 4.78 is 6.97. The van der Waals surface area contributed by atoms with Gasteiger partial charge in [0.25, 0.3) is 0 Å². The first-order chi connectivity index (χ1) is 7.38. The summed E-state index contributed by atoms with van der Waals surface area (Å²) >= 11 is 0. The van der Waals surface area contributed by atoms with Gasteiger partial charge in [-0.05, 0) is 18.2 Å². The number of aromatic nitrogens is 3. The Bertz CT molecular complexity index is 630. The van der Waals surface area contributed by atoms with E-state index in [-0.39, 0.29) is 0 Å². The summed E-state index contributed by atoms with van der Waals surface area (Å²) in [7, 11) is 1.65. The molecule has 2 aromatic heterocycles. The van der Waals surface area contributed by atoms with Crippen LogP contribution in [0.15, 0.2) is 36.7 Å². The predicted molar refractivity (Wildman–Crippen MR) is 57.0 cm³/mol. The second-order valence-corrected chi connectivity index (χ2v) is 3.28. The molecule has 0 bridgehead atoms. The molecular formula is C11H9N3O. The molecule has 0 radical (unpaired) electrons. The van der Waals surface area contributed by atoms with Crippen molar-refractivity contribution in [3.8, 4) is 5.75 Å². The molecule has 4 heteroatoms. The fourth-order valence-corrected chi connectivity index (χ4v) is 1.67. The first-order valence-corrected chi connectivity index (χ1v) is 4.65. The number of benzene rings is 1. The van der Waals surface area contributed by atoms with Gasteiger partial charge in [0.1, 0.15) is 5.75 Å². The fourth-order valence-electron chi connectivity index (χ4n) is 1.67. The summed E-state index contributed by atoms with van der Waals surface area (Å²) in [6.07, 6.45) is 3.57. The van der Waals surface area contributed by atoms with Crippen LogP contribution in [0.4, 0.5) is 0 Å². The lowest BCUT2D eigenvalue weighted by Crippen LogP contribution is -1.92. The highest BCUT2D eigenvalue weighted by atomic mass is 16.5. The monoisotopic (exact) mass is 199 g/mol. The van der Waals surface area contributed by atoms with Gasteiger partial charge in [-0.2, -0.15) is 5.10 Å². The Morgan fingerprint density at radius 2 is 2.20 bits per heavy atom. The van der Waals surface area contributed by atoms with E-state index >= 15 is 0 Å². The molecule has 0 unspecified atom stereocenters. The van der Waals surface area contributed by atoms with Crippen molar-refractivity contribution < 1.29 is 4.74 Å². The van der Waals surface area contributed by atoms with Crippen LogP contribution in [0.5, 0.6) is 5.75 Å². The summed E-state index contributed by atoms with van der Waals surface area (Å²) in [5, 5.41) is 5.23. The molecule has 0 atom stereocenters. The average molecular weight is 199 g/mol. The Labute approximate surface area is 86.1 Å². The highest BCUT2D eigenvalue weighted by Gasteiger charge is 2.02. The van der Waals surface area contributed by atoms with Crippen molar-refractivity contribution in [1.82, 2.24) is 14.6 Å². The maximum absolute atomic E-state index is 5.16. The molecule has 0 spiro atoms. The number of hydrogen-bond acceptors (Lipinski definition) is 3. The van der Waals surface area contributed by atoms with Crippen LogP contribution in [0.1, 0.15) is 0 Å². The summed E-state index contributed by atoms with van der Waals surface area (Å²) in [6, 6.07) is 7.73. The molecule has 1 aromatic carbocycles. The highest BCUT2D eigenvalue weighted by Crippen LogP contribution is 2.20. The number of ether oxygens (including phenoxy) is 1. The van der Waals surface area contributed by atoms with E-state index in [1.54, 1.807) is 13.3 Å². The van der Waals surface area contributed by atoms with Gasteiger partial charge < -0.3 is 4.74 Å². The molecule has 3 rings (SSSR count). The van der Waals surface area contributed by atoms with Gasteiger partial charge in [-0.15, -0.1) is 0 Å². The third kappa shape index (κ3) is 1.15. The molecule has 0 saturated heterocycles. The summed E-state index contributed by atoms with van der Waals surface area (Å²) in [4.78, 5) is 4.29. The van der Waals surface area contributed by atoms with Crippen molar-refractivity contribution in [1.29, 1.82) is 0 Å². The van der Waals surface area contributed by atoms with E-state index < -0.39 is 0 Å². The zero-order valence-electron chi connectivity index (χ0n) is 8.21. The van der Waals surface area contributed by atoms with E-state index in [0.29, 0.717) is 0 Å². The molecule has 0 fully saturated rings. The fraction of sp³-hybridized carbons (Fsp3) is 0.0909. The van der Waals surface area contributed by atoms with Crippen molar-refractivity contribution in [3.05, 3.63) is 36.7 Å². The number of methoxy groups -OCH3 is 1. The molecule has 15 heavy (non-hydrogen) atoms. The van der Waals surface area contributed by atoms with Crippen LogP contribution in [0.2, 0.25) is 0 Å². The Kier molecular flexibility index (Phi) is 1.62. The minimum atomic E-state index is 0.829. The van der Waals surface area contributed by atoms with E-state index in [0.717, 1.165) is 22.3 Å². The minimum Gasteiger partial charge on any atom is -0.497 e. The lowest BCUT2D eigenvalue weighted by atomic mass is 10.2. The summed E-state index contributed by atoms with van der Waals surface area (Å²) in [6.45, 7) is 0. The normalized spacial score (nSPS) is 11.0. The minimum absolute atomic E-state index is 0.829. The van der Waals surface area contributed by atoms with E-state index in [4.69, 9.17) is 4.74 Å². The Hall–Kier alpha value is -2.10. The number of rotatable bonds is 1. The topological polar surface area (TPSA) is 39.4 Å². The molecule has 0 aliphatic heterocycles. The Balaban J connectivity index is 2.44. The van der Waals surface area contributed by atoms with Gasteiger partial charge in [0.2, 0.25) is 0 Å². The molecule has 74 valence electrons. The molecule has 3 aromatic rings. The van der Waals surface area contributed by atoms with Gasteiger partial charge >= 0.3 is 0 Å². The third-order valence-electron chi connectivity index (χ3n) is 2.42. The van der Waals surface area contributed by atoms with Crippen LogP contribution in [-0.4, -0.2) is 21.7 Å². The lowest BCUT2D eigenvalue weighted by Gasteiger charge is -2.03. The second-order valence-electron chi connectivity index (χ2n) is 3.28. The van der Waals surface area contributed by atoms with Gasteiger partial charge in [-0.25, -0.2) is 9.50 Å². The second kappa shape index (κ2) is 2.95. The third-order valence-corrected chi connectivity index (χ3v) is 2.42. The number of hydrogen-bond donors (Lipinski definition) is 0. The summed E-state index contributed by atoms with van der Waals surface area (Å²) in [5.41, 5.74) is 1.89. The molecule has 0 amide bonds. The summed E-state index contributed by atoms with van der Waals surface area (Å²) in [5.74, 6) is 0.829. The maximum atomic E-state index is 5.16. The molecule has 0 aliphatic rings. The molecule has 0 aliphatic carbocycles. The molecular weight excluding hydrogens is 190 g/mol. The van der Waals surface area contributed by atoms with Crippen molar-refractivity contribution in [2.45, 2.75) is 0 Å². The highest BCUT2D eigenvalue weighted by molar-refractivity contribution is 5.81. The Morgan fingerprint density at radius 3 is 3.07 bits per heavy atom. The van der Waals surface area contributed by atoms with Crippen LogP contribution < -0.4 is 4.74 Å². The van der Waals surface area contributed by atoms with Crippen molar-refractivity contribution in [2.24, 2.45) is 0 Å². The standard InChI is InChI=1S/C11H9N3O/c1-15-9-2-3-10-8(6-9)7-12-11-4-5-13-14(10)11/h2-7H,1H3. The van der Waals surface area contributed by atoms with Crippen molar-refractivity contribution >= 4 is 16.6 Å². The first kappa shape index (κ1) is 8.23.